The molecule has 112 valence electrons. The lowest BCUT2D eigenvalue weighted by molar-refractivity contribution is -0.0498. The first-order chi connectivity index (χ1) is 10.0. The number of nitrogens with one attached hydrogen (secondary N) is 1. The zero-order valence-corrected chi connectivity index (χ0v) is 12.2. The quantitative estimate of drug-likeness (QED) is 0.638. The highest BCUT2D eigenvalue weighted by Gasteiger charge is 2.17. The number of hydrazine groups is 1. The van der Waals surface area contributed by atoms with Gasteiger partial charge in [0.25, 0.3) is 0 Å². The number of hydrogen-bond donors (Lipinski definition) is 2. The minimum atomic E-state index is -2.86. The average molecular weight is 333 g/mol. The number of nitrogens with two attached hydrogens (primary N) is 1. The molecule has 3 N–H and O–H groups in total. The Bertz CT molecular complexity index is 608. The summed E-state index contributed by atoms with van der Waals surface area (Å²) in [7, 11) is 0. The molecule has 0 fully saturated rings. The lowest BCUT2D eigenvalue weighted by atomic mass is 9.99. The van der Waals surface area contributed by atoms with Gasteiger partial charge in [-0.1, -0.05) is 47.5 Å². The van der Waals surface area contributed by atoms with Crippen molar-refractivity contribution < 1.29 is 13.5 Å². The SMILES string of the molecule is NNC(c1ccc(OC(F)F)cc1)c1cccc(Cl)c1Cl. The van der Waals surface area contributed by atoms with Crippen molar-refractivity contribution in [3.63, 3.8) is 0 Å². The van der Waals surface area contributed by atoms with Gasteiger partial charge in [-0.25, -0.2) is 5.43 Å². The molecule has 21 heavy (non-hydrogen) atoms. The van der Waals surface area contributed by atoms with Gasteiger partial charge >= 0.3 is 6.61 Å². The molecule has 0 aromatic heterocycles. The maximum Gasteiger partial charge on any atom is 0.387 e. The molecule has 0 aliphatic heterocycles. The van der Waals surface area contributed by atoms with Gasteiger partial charge in [0, 0.05) is 0 Å². The van der Waals surface area contributed by atoms with E-state index in [1.54, 1.807) is 30.3 Å². The van der Waals surface area contributed by atoms with Gasteiger partial charge in [-0.3, -0.25) is 5.84 Å². The summed E-state index contributed by atoms with van der Waals surface area (Å²) < 4.78 is 28.5. The third kappa shape index (κ3) is 3.83. The number of ether oxygens (including phenoxy) is 1. The highest BCUT2D eigenvalue weighted by Crippen LogP contribution is 2.33. The van der Waals surface area contributed by atoms with Crippen molar-refractivity contribution in [3.05, 3.63) is 63.6 Å². The van der Waals surface area contributed by atoms with Gasteiger partial charge in [-0.15, -0.1) is 0 Å². The summed E-state index contributed by atoms with van der Waals surface area (Å²) in [6.07, 6.45) is 0. The second-order valence-electron chi connectivity index (χ2n) is 4.19. The molecule has 1 unspecified atom stereocenters. The monoisotopic (exact) mass is 332 g/mol. The van der Waals surface area contributed by atoms with E-state index in [1.165, 1.54) is 12.1 Å². The van der Waals surface area contributed by atoms with Gasteiger partial charge in [-0.05, 0) is 29.3 Å². The Morgan fingerprint density at radius 3 is 2.29 bits per heavy atom. The molecule has 0 amide bonds. The molecule has 0 radical (unpaired) electrons. The lowest BCUT2D eigenvalue weighted by Crippen LogP contribution is -2.29. The molecule has 0 spiro atoms. The number of halogens is 4. The number of alkyl halides is 2. The minimum absolute atomic E-state index is 0.0710. The Morgan fingerprint density at radius 1 is 1.05 bits per heavy atom. The summed E-state index contributed by atoms with van der Waals surface area (Å²) in [4.78, 5) is 0. The number of hydrogen-bond acceptors (Lipinski definition) is 3. The molecule has 2 rings (SSSR count). The smallest absolute Gasteiger partial charge is 0.387 e. The second-order valence-corrected chi connectivity index (χ2v) is 4.98. The molecule has 1 atom stereocenters. The molecule has 0 aliphatic rings. The van der Waals surface area contributed by atoms with Crippen molar-refractivity contribution in [1.29, 1.82) is 0 Å². The van der Waals surface area contributed by atoms with Gasteiger partial charge in [0.05, 0.1) is 16.1 Å². The summed E-state index contributed by atoms with van der Waals surface area (Å²) in [5.41, 5.74) is 4.06. The Kier molecular flexibility index (Phi) is 5.36. The van der Waals surface area contributed by atoms with Crippen LogP contribution < -0.4 is 16.0 Å². The molecule has 0 heterocycles. The fourth-order valence-corrected chi connectivity index (χ4v) is 2.37. The van der Waals surface area contributed by atoms with Crippen LogP contribution in [-0.4, -0.2) is 6.61 Å². The predicted molar refractivity (Wildman–Crippen MR) is 78.7 cm³/mol. The lowest BCUT2D eigenvalue weighted by Gasteiger charge is -2.19. The van der Waals surface area contributed by atoms with E-state index in [2.05, 4.69) is 10.2 Å². The van der Waals surface area contributed by atoms with Crippen LogP contribution in [0.25, 0.3) is 0 Å². The molecule has 0 aliphatic carbocycles. The third-order valence-corrected chi connectivity index (χ3v) is 3.73. The van der Waals surface area contributed by atoms with E-state index in [1.807, 2.05) is 0 Å². The zero-order valence-electron chi connectivity index (χ0n) is 10.7. The van der Waals surface area contributed by atoms with Gasteiger partial charge < -0.3 is 4.74 Å². The van der Waals surface area contributed by atoms with Crippen molar-refractivity contribution in [2.24, 2.45) is 5.84 Å². The van der Waals surface area contributed by atoms with E-state index in [0.29, 0.717) is 15.6 Å². The standard InChI is InChI=1S/C14H12Cl2F2N2O/c15-11-3-1-2-10(12(11)16)13(20-19)8-4-6-9(7-5-8)21-14(17)18/h1-7,13-14,20H,19H2. The van der Waals surface area contributed by atoms with E-state index >= 15 is 0 Å². The van der Waals surface area contributed by atoms with Crippen LogP contribution >= 0.6 is 23.2 Å². The number of rotatable bonds is 5. The van der Waals surface area contributed by atoms with Gasteiger partial charge in [0.1, 0.15) is 5.75 Å². The molecule has 3 nitrogen and oxygen atoms in total. The normalized spacial score (nSPS) is 12.5. The Morgan fingerprint density at radius 2 is 1.71 bits per heavy atom. The van der Waals surface area contributed by atoms with E-state index in [4.69, 9.17) is 29.0 Å². The van der Waals surface area contributed by atoms with Crippen LogP contribution in [0.1, 0.15) is 17.2 Å². The molecular weight excluding hydrogens is 321 g/mol. The van der Waals surface area contributed by atoms with Crippen LogP contribution in [-0.2, 0) is 0 Å². The third-order valence-electron chi connectivity index (χ3n) is 2.90. The summed E-state index contributed by atoms with van der Waals surface area (Å²) in [5.74, 6) is 5.64. The zero-order chi connectivity index (χ0) is 15.4. The van der Waals surface area contributed by atoms with E-state index in [9.17, 15) is 8.78 Å². The van der Waals surface area contributed by atoms with Gasteiger partial charge in [0.2, 0.25) is 0 Å². The average Bonchev–Trinajstić information content (AvgIpc) is 2.45. The van der Waals surface area contributed by atoms with Crippen molar-refractivity contribution >= 4 is 23.2 Å². The summed E-state index contributed by atoms with van der Waals surface area (Å²) >= 11 is 12.1. The Hall–Kier alpha value is -1.40. The topological polar surface area (TPSA) is 47.3 Å². The highest BCUT2D eigenvalue weighted by molar-refractivity contribution is 6.42. The summed E-state index contributed by atoms with van der Waals surface area (Å²) in [6.45, 7) is -2.86. The second kappa shape index (κ2) is 7.04. The fourth-order valence-electron chi connectivity index (χ4n) is 1.95. The molecule has 2 aromatic carbocycles. The van der Waals surface area contributed by atoms with Crippen LogP contribution in [0.3, 0.4) is 0 Å². The Balaban J connectivity index is 2.31. The van der Waals surface area contributed by atoms with Crippen LogP contribution in [0.4, 0.5) is 8.78 Å². The Labute approximate surface area is 130 Å². The van der Waals surface area contributed by atoms with E-state index in [0.717, 1.165) is 5.56 Å². The molecule has 0 saturated heterocycles. The number of benzene rings is 2. The van der Waals surface area contributed by atoms with Crippen LogP contribution in [0.5, 0.6) is 5.75 Å². The molecule has 2 aromatic rings. The summed E-state index contributed by atoms with van der Waals surface area (Å²) in [6, 6.07) is 10.9. The van der Waals surface area contributed by atoms with Crippen molar-refractivity contribution in [2.75, 3.05) is 0 Å². The molecule has 0 saturated carbocycles. The first-order valence-electron chi connectivity index (χ1n) is 5.97. The van der Waals surface area contributed by atoms with Crippen LogP contribution in [0.15, 0.2) is 42.5 Å². The van der Waals surface area contributed by atoms with Crippen LogP contribution in [0.2, 0.25) is 10.0 Å². The van der Waals surface area contributed by atoms with Crippen molar-refractivity contribution in [3.8, 4) is 5.75 Å². The first-order valence-corrected chi connectivity index (χ1v) is 6.73. The molecule has 7 heteroatoms. The minimum Gasteiger partial charge on any atom is -0.435 e. The maximum absolute atomic E-state index is 12.1. The van der Waals surface area contributed by atoms with Crippen LogP contribution in [0, 0.1) is 0 Å². The highest BCUT2D eigenvalue weighted by atomic mass is 35.5. The predicted octanol–water partition coefficient (Wildman–Crippen LogP) is 4.15. The fraction of sp³-hybridized carbons (Fsp3) is 0.143. The van der Waals surface area contributed by atoms with Crippen molar-refractivity contribution in [1.82, 2.24) is 5.43 Å². The first kappa shape index (κ1) is 16.0. The van der Waals surface area contributed by atoms with E-state index < -0.39 is 12.7 Å². The summed E-state index contributed by atoms with van der Waals surface area (Å²) in [5, 5.41) is 0.794. The van der Waals surface area contributed by atoms with Gasteiger partial charge in [-0.2, -0.15) is 8.78 Å². The van der Waals surface area contributed by atoms with Crippen molar-refractivity contribution in [2.45, 2.75) is 12.7 Å². The maximum atomic E-state index is 12.1. The molecular formula is C14H12Cl2F2N2O. The molecule has 0 bridgehead atoms. The largest absolute Gasteiger partial charge is 0.435 e. The van der Waals surface area contributed by atoms with Gasteiger partial charge in [0.15, 0.2) is 0 Å². The van der Waals surface area contributed by atoms with E-state index in [-0.39, 0.29) is 5.75 Å².